The van der Waals surface area contributed by atoms with Gasteiger partial charge < -0.3 is 19.7 Å². The number of ether oxygens (including phenoxy) is 2. The molecule has 3 fully saturated rings. The Kier molecular flexibility index (Phi) is 6.34. The standard InChI is InChI=1S/C19H32N2O4/c1-2-3-10-20-17(22)15-4-6-16(7-5-15)18(23)21-11-8-19(9-12-21)24-13-14-25-19/h15-16H,2-14H2,1H3,(H,20,22). The maximum Gasteiger partial charge on any atom is 0.225 e. The second-order valence-electron chi connectivity index (χ2n) is 7.63. The highest BCUT2D eigenvalue weighted by atomic mass is 16.7. The molecular formula is C19H32N2O4. The quantitative estimate of drug-likeness (QED) is 0.769. The zero-order chi connectivity index (χ0) is 17.7. The fourth-order valence-corrected chi connectivity index (χ4v) is 4.25. The van der Waals surface area contributed by atoms with Crippen molar-refractivity contribution in [1.29, 1.82) is 0 Å². The number of nitrogens with one attached hydrogen (secondary N) is 1. The average Bonchev–Trinajstić information content (AvgIpc) is 3.10. The molecule has 1 spiro atoms. The molecule has 142 valence electrons. The Labute approximate surface area is 150 Å². The fraction of sp³-hybridized carbons (Fsp3) is 0.895. The number of hydrogen-bond donors (Lipinski definition) is 1. The molecule has 2 aliphatic heterocycles. The zero-order valence-electron chi connectivity index (χ0n) is 15.4. The molecule has 6 nitrogen and oxygen atoms in total. The van der Waals surface area contributed by atoms with E-state index in [1.807, 2.05) is 4.90 Å². The Bertz CT molecular complexity index is 458. The van der Waals surface area contributed by atoms with Crippen LogP contribution in [0.3, 0.4) is 0 Å². The molecular weight excluding hydrogens is 320 g/mol. The molecule has 1 aliphatic carbocycles. The molecule has 0 aromatic carbocycles. The molecule has 0 unspecified atom stereocenters. The first-order chi connectivity index (χ1) is 12.1. The third-order valence-corrected chi connectivity index (χ3v) is 5.93. The summed E-state index contributed by atoms with van der Waals surface area (Å²) in [6.45, 7) is 5.66. The summed E-state index contributed by atoms with van der Waals surface area (Å²) < 4.78 is 11.5. The number of carbonyl (C=O) groups excluding carboxylic acids is 2. The van der Waals surface area contributed by atoms with E-state index in [9.17, 15) is 9.59 Å². The van der Waals surface area contributed by atoms with E-state index < -0.39 is 5.79 Å². The van der Waals surface area contributed by atoms with E-state index in [0.29, 0.717) is 13.2 Å². The molecule has 1 saturated carbocycles. The van der Waals surface area contributed by atoms with Gasteiger partial charge in [-0.15, -0.1) is 0 Å². The highest BCUT2D eigenvalue weighted by Crippen LogP contribution is 2.34. The highest BCUT2D eigenvalue weighted by Gasteiger charge is 2.42. The number of hydrogen-bond acceptors (Lipinski definition) is 4. The minimum Gasteiger partial charge on any atom is -0.356 e. The summed E-state index contributed by atoms with van der Waals surface area (Å²) in [6, 6.07) is 0. The van der Waals surface area contributed by atoms with Crippen molar-refractivity contribution in [2.75, 3.05) is 32.8 Å². The number of unbranched alkanes of at least 4 members (excludes halogenated alkanes) is 1. The van der Waals surface area contributed by atoms with E-state index in [2.05, 4.69) is 12.2 Å². The van der Waals surface area contributed by atoms with Gasteiger partial charge in [0.05, 0.1) is 13.2 Å². The molecule has 0 bridgehead atoms. The Balaban J connectivity index is 1.40. The molecule has 0 aromatic heterocycles. The van der Waals surface area contributed by atoms with E-state index >= 15 is 0 Å². The van der Waals surface area contributed by atoms with Crippen LogP contribution in [0.4, 0.5) is 0 Å². The van der Waals surface area contributed by atoms with Crippen molar-refractivity contribution >= 4 is 11.8 Å². The van der Waals surface area contributed by atoms with Crippen LogP contribution < -0.4 is 5.32 Å². The highest BCUT2D eigenvalue weighted by molar-refractivity contribution is 5.81. The molecule has 0 aromatic rings. The number of carbonyl (C=O) groups is 2. The third-order valence-electron chi connectivity index (χ3n) is 5.93. The smallest absolute Gasteiger partial charge is 0.225 e. The molecule has 0 radical (unpaired) electrons. The molecule has 0 atom stereocenters. The molecule has 1 N–H and O–H groups in total. The van der Waals surface area contributed by atoms with Gasteiger partial charge >= 0.3 is 0 Å². The van der Waals surface area contributed by atoms with Crippen molar-refractivity contribution in [3.8, 4) is 0 Å². The van der Waals surface area contributed by atoms with Gasteiger partial charge in [0.15, 0.2) is 5.79 Å². The Morgan fingerprint density at radius 3 is 2.24 bits per heavy atom. The van der Waals surface area contributed by atoms with E-state index in [0.717, 1.165) is 71.0 Å². The van der Waals surface area contributed by atoms with Crippen molar-refractivity contribution in [1.82, 2.24) is 10.2 Å². The zero-order valence-corrected chi connectivity index (χ0v) is 15.4. The lowest BCUT2D eigenvalue weighted by atomic mass is 9.80. The number of rotatable bonds is 5. The Morgan fingerprint density at radius 2 is 1.64 bits per heavy atom. The van der Waals surface area contributed by atoms with Crippen LogP contribution in [-0.2, 0) is 19.1 Å². The summed E-state index contributed by atoms with van der Waals surface area (Å²) in [5, 5.41) is 3.03. The maximum absolute atomic E-state index is 12.8. The lowest BCUT2D eigenvalue weighted by molar-refractivity contribution is -0.188. The van der Waals surface area contributed by atoms with E-state index in [-0.39, 0.29) is 23.7 Å². The fourth-order valence-electron chi connectivity index (χ4n) is 4.25. The average molecular weight is 352 g/mol. The number of likely N-dealkylation sites (tertiary alicyclic amines) is 1. The minimum absolute atomic E-state index is 0.0826. The first-order valence-corrected chi connectivity index (χ1v) is 9.98. The summed E-state index contributed by atoms with van der Waals surface area (Å²) >= 11 is 0. The van der Waals surface area contributed by atoms with Crippen molar-refractivity contribution in [3.05, 3.63) is 0 Å². The van der Waals surface area contributed by atoms with Crippen LogP contribution in [-0.4, -0.2) is 55.3 Å². The van der Waals surface area contributed by atoms with Crippen molar-refractivity contribution in [2.45, 2.75) is 64.1 Å². The van der Waals surface area contributed by atoms with E-state index in [1.54, 1.807) is 0 Å². The number of piperidine rings is 1. The Hall–Kier alpha value is -1.14. The summed E-state index contributed by atoms with van der Waals surface area (Å²) in [4.78, 5) is 26.9. The summed E-state index contributed by atoms with van der Waals surface area (Å²) in [5.41, 5.74) is 0. The van der Waals surface area contributed by atoms with Gasteiger partial charge in [-0.25, -0.2) is 0 Å². The SMILES string of the molecule is CCCCNC(=O)C1CCC(C(=O)N2CCC3(CC2)OCCO3)CC1. The van der Waals surface area contributed by atoms with E-state index in [4.69, 9.17) is 9.47 Å². The first kappa shape index (κ1) is 18.6. The van der Waals surface area contributed by atoms with Gasteiger partial charge in [-0.2, -0.15) is 0 Å². The molecule has 3 aliphatic rings. The summed E-state index contributed by atoms with van der Waals surface area (Å²) in [7, 11) is 0. The van der Waals surface area contributed by atoms with Crippen LogP contribution in [0.1, 0.15) is 58.3 Å². The molecule has 2 heterocycles. The minimum atomic E-state index is -0.426. The van der Waals surface area contributed by atoms with Crippen LogP contribution in [0.2, 0.25) is 0 Å². The second-order valence-corrected chi connectivity index (χ2v) is 7.63. The summed E-state index contributed by atoms with van der Waals surface area (Å²) in [5.74, 6) is 0.183. The van der Waals surface area contributed by atoms with Crippen LogP contribution in [0, 0.1) is 11.8 Å². The maximum atomic E-state index is 12.8. The molecule has 2 amide bonds. The van der Waals surface area contributed by atoms with E-state index in [1.165, 1.54) is 0 Å². The normalized spacial score (nSPS) is 28.9. The van der Waals surface area contributed by atoms with Gasteiger partial charge in [-0.05, 0) is 32.1 Å². The predicted octanol–water partition coefficient (Wildman–Crippen LogP) is 2.07. The van der Waals surface area contributed by atoms with Gasteiger partial charge in [0.25, 0.3) is 0 Å². The second kappa shape index (κ2) is 8.49. The van der Waals surface area contributed by atoms with Crippen molar-refractivity contribution < 1.29 is 19.1 Å². The predicted molar refractivity (Wildman–Crippen MR) is 93.8 cm³/mol. The first-order valence-electron chi connectivity index (χ1n) is 9.98. The molecule has 6 heteroatoms. The van der Waals surface area contributed by atoms with Gasteiger partial charge in [-0.1, -0.05) is 13.3 Å². The lowest BCUT2D eigenvalue weighted by Gasteiger charge is -2.39. The van der Waals surface area contributed by atoms with Gasteiger partial charge in [0.2, 0.25) is 11.8 Å². The van der Waals surface area contributed by atoms with Gasteiger partial charge in [-0.3, -0.25) is 9.59 Å². The van der Waals surface area contributed by atoms with Gasteiger partial charge in [0, 0.05) is 44.3 Å². The van der Waals surface area contributed by atoms with Crippen LogP contribution in [0.25, 0.3) is 0 Å². The monoisotopic (exact) mass is 352 g/mol. The lowest BCUT2D eigenvalue weighted by Crippen LogP contribution is -2.49. The molecule has 2 saturated heterocycles. The number of amides is 2. The van der Waals surface area contributed by atoms with Crippen LogP contribution in [0.15, 0.2) is 0 Å². The largest absolute Gasteiger partial charge is 0.356 e. The number of nitrogens with zero attached hydrogens (tertiary/aromatic N) is 1. The Morgan fingerprint density at radius 1 is 1.04 bits per heavy atom. The van der Waals surface area contributed by atoms with Crippen LogP contribution >= 0.6 is 0 Å². The molecule has 3 rings (SSSR count). The molecule has 25 heavy (non-hydrogen) atoms. The van der Waals surface area contributed by atoms with Crippen molar-refractivity contribution in [3.63, 3.8) is 0 Å². The van der Waals surface area contributed by atoms with Crippen LogP contribution in [0.5, 0.6) is 0 Å². The van der Waals surface area contributed by atoms with Crippen molar-refractivity contribution in [2.24, 2.45) is 11.8 Å². The third kappa shape index (κ3) is 4.53. The summed E-state index contributed by atoms with van der Waals surface area (Å²) in [6.07, 6.45) is 7.00. The topological polar surface area (TPSA) is 67.9 Å². The van der Waals surface area contributed by atoms with Gasteiger partial charge in [0.1, 0.15) is 0 Å².